The summed E-state index contributed by atoms with van der Waals surface area (Å²) in [4.78, 5) is 15.4. The summed E-state index contributed by atoms with van der Waals surface area (Å²) < 4.78 is 5.96. The van der Waals surface area contributed by atoms with E-state index in [-0.39, 0.29) is 11.9 Å². The number of rotatable bonds is 6. The van der Waals surface area contributed by atoms with Gasteiger partial charge in [0.15, 0.2) is 0 Å². The van der Waals surface area contributed by atoms with Crippen molar-refractivity contribution in [3.63, 3.8) is 0 Å². The van der Waals surface area contributed by atoms with Crippen LogP contribution in [0.15, 0.2) is 52.3 Å². The van der Waals surface area contributed by atoms with Crippen LogP contribution in [0.5, 0.6) is 0 Å². The summed E-state index contributed by atoms with van der Waals surface area (Å²) in [6.45, 7) is 1.80. The zero-order valence-corrected chi connectivity index (χ0v) is 16.3. The van der Waals surface area contributed by atoms with E-state index in [9.17, 15) is 4.79 Å². The second-order valence-corrected chi connectivity index (χ2v) is 8.39. The van der Waals surface area contributed by atoms with Crippen LogP contribution in [0.1, 0.15) is 27.2 Å². The maximum absolute atomic E-state index is 12.6. The van der Waals surface area contributed by atoms with Crippen LogP contribution < -0.4 is 10.2 Å². The topological polar surface area (TPSA) is 71.3 Å². The summed E-state index contributed by atoms with van der Waals surface area (Å²) in [6, 6.07) is 13.8. The number of aromatic nitrogens is 2. The standard InChI is InChI=1S/C19H20N4O2S2/c24-17(16-7-4-10-27-16)20-15(13-14-5-2-1-3-6-14)18-21-22-19(25-18)23-8-11-26-12-9-23/h1-7,10,15H,8-9,11-13H2,(H,20,24)/t15-/m0/s1. The van der Waals surface area contributed by atoms with Crippen molar-refractivity contribution >= 4 is 35.0 Å². The van der Waals surface area contributed by atoms with Crippen molar-refractivity contribution in [2.45, 2.75) is 12.5 Å². The fourth-order valence-electron chi connectivity index (χ4n) is 2.94. The normalized spacial score (nSPS) is 15.5. The number of benzene rings is 1. The van der Waals surface area contributed by atoms with Crippen molar-refractivity contribution in [1.82, 2.24) is 15.5 Å². The van der Waals surface area contributed by atoms with E-state index < -0.39 is 0 Å². The molecule has 1 N–H and O–H groups in total. The van der Waals surface area contributed by atoms with Crippen molar-refractivity contribution < 1.29 is 9.21 Å². The second kappa shape index (κ2) is 8.58. The van der Waals surface area contributed by atoms with Gasteiger partial charge in [0.1, 0.15) is 6.04 Å². The number of hydrogen-bond acceptors (Lipinski definition) is 7. The van der Waals surface area contributed by atoms with E-state index in [1.54, 1.807) is 0 Å². The molecule has 8 heteroatoms. The fraction of sp³-hybridized carbons (Fsp3) is 0.316. The fourth-order valence-corrected chi connectivity index (χ4v) is 4.47. The van der Waals surface area contributed by atoms with Crippen LogP contribution in [0, 0.1) is 0 Å². The lowest BCUT2D eigenvalue weighted by Gasteiger charge is -2.24. The Kier molecular flexibility index (Phi) is 5.74. The van der Waals surface area contributed by atoms with E-state index in [2.05, 4.69) is 20.4 Å². The van der Waals surface area contributed by atoms with Crippen molar-refractivity contribution in [2.24, 2.45) is 0 Å². The van der Waals surface area contributed by atoms with Gasteiger partial charge in [-0.05, 0) is 17.0 Å². The Balaban J connectivity index is 1.55. The predicted octanol–water partition coefficient (Wildman–Crippen LogP) is 3.40. The van der Waals surface area contributed by atoms with Crippen LogP contribution in [0.2, 0.25) is 0 Å². The lowest BCUT2D eigenvalue weighted by molar-refractivity contribution is 0.0934. The number of thiophene rings is 1. The summed E-state index contributed by atoms with van der Waals surface area (Å²) in [6.07, 6.45) is 0.593. The number of anilines is 1. The molecule has 1 aliphatic rings. The summed E-state index contributed by atoms with van der Waals surface area (Å²) in [5.41, 5.74) is 1.10. The molecule has 0 bridgehead atoms. The Labute approximate surface area is 166 Å². The van der Waals surface area contributed by atoms with E-state index in [4.69, 9.17) is 4.42 Å². The third-order valence-corrected chi connectivity index (χ3v) is 6.15. The predicted molar refractivity (Wildman–Crippen MR) is 109 cm³/mol. The van der Waals surface area contributed by atoms with Gasteiger partial charge in [-0.25, -0.2) is 0 Å². The van der Waals surface area contributed by atoms with Crippen molar-refractivity contribution in [1.29, 1.82) is 0 Å². The zero-order chi connectivity index (χ0) is 18.5. The van der Waals surface area contributed by atoms with Crippen LogP contribution in [-0.4, -0.2) is 40.7 Å². The van der Waals surface area contributed by atoms with Crippen LogP contribution in [0.25, 0.3) is 0 Å². The first-order chi connectivity index (χ1) is 13.3. The molecule has 0 aliphatic carbocycles. The summed E-state index contributed by atoms with van der Waals surface area (Å²) in [7, 11) is 0. The minimum absolute atomic E-state index is 0.125. The first-order valence-corrected chi connectivity index (χ1v) is 10.9. The molecule has 1 aliphatic heterocycles. The number of nitrogens with zero attached hydrogens (tertiary/aromatic N) is 3. The maximum atomic E-state index is 12.6. The SMILES string of the molecule is O=C(N[C@@H](Cc1ccccc1)c1nnc(N2CCSCC2)o1)c1cccs1. The van der Waals surface area contributed by atoms with E-state index in [0.29, 0.717) is 23.2 Å². The Morgan fingerprint density at radius 2 is 1.96 bits per heavy atom. The average Bonchev–Trinajstić information content (AvgIpc) is 3.41. The Hall–Kier alpha value is -2.32. The largest absolute Gasteiger partial charge is 0.406 e. The smallest absolute Gasteiger partial charge is 0.318 e. The Morgan fingerprint density at radius 3 is 2.70 bits per heavy atom. The average molecular weight is 401 g/mol. The third-order valence-electron chi connectivity index (χ3n) is 4.34. The van der Waals surface area contributed by atoms with Crippen LogP contribution >= 0.6 is 23.1 Å². The molecule has 1 aromatic carbocycles. The molecular weight excluding hydrogens is 380 g/mol. The summed E-state index contributed by atoms with van der Waals surface area (Å²) >= 11 is 3.34. The molecule has 27 heavy (non-hydrogen) atoms. The summed E-state index contributed by atoms with van der Waals surface area (Å²) in [5.74, 6) is 2.43. The van der Waals surface area contributed by atoms with E-state index in [0.717, 1.165) is 30.2 Å². The minimum atomic E-state index is -0.373. The van der Waals surface area contributed by atoms with Gasteiger partial charge in [0.2, 0.25) is 5.89 Å². The third kappa shape index (κ3) is 4.51. The van der Waals surface area contributed by atoms with Crippen LogP contribution in [0.4, 0.5) is 6.01 Å². The first kappa shape index (κ1) is 18.1. The Morgan fingerprint density at radius 1 is 1.15 bits per heavy atom. The van der Waals surface area contributed by atoms with Gasteiger partial charge >= 0.3 is 6.01 Å². The van der Waals surface area contributed by atoms with Crippen molar-refractivity contribution in [3.05, 3.63) is 64.2 Å². The molecule has 0 unspecified atom stereocenters. The molecule has 3 aromatic rings. The molecule has 0 saturated carbocycles. The maximum Gasteiger partial charge on any atom is 0.318 e. The van der Waals surface area contributed by atoms with E-state index >= 15 is 0 Å². The molecule has 0 spiro atoms. The monoisotopic (exact) mass is 400 g/mol. The number of carbonyl (C=O) groups is 1. The lowest BCUT2D eigenvalue weighted by Crippen LogP contribution is -2.32. The highest BCUT2D eigenvalue weighted by molar-refractivity contribution is 7.99. The summed E-state index contributed by atoms with van der Waals surface area (Å²) in [5, 5.41) is 13.4. The molecule has 1 fully saturated rings. The molecular formula is C19H20N4O2S2. The van der Waals surface area contributed by atoms with Gasteiger partial charge in [-0.2, -0.15) is 11.8 Å². The molecule has 0 radical (unpaired) electrons. The van der Waals surface area contributed by atoms with Crippen LogP contribution in [-0.2, 0) is 6.42 Å². The molecule has 1 saturated heterocycles. The van der Waals surface area contributed by atoms with Crippen molar-refractivity contribution in [2.75, 3.05) is 29.5 Å². The quantitative estimate of drug-likeness (QED) is 0.684. The van der Waals surface area contributed by atoms with Gasteiger partial charge in [0, 0.05) is 31.0 Å². The first-order valence-electron chi connectivity index (χ1n) is 8.84. The van der Waals surface area contributed by atoms with Gasteiger partial charge in [-0.15, -0.1) is 16.4 Å². The zero-order valence-electron chi connectivity index (χ0n) is 14.7. The highest BCUT2D eigenvalue weighted by atomic mass is 32.2. The van der Waals surface area contributed by atoms with Gasteiger partial charge in [-0.1, -0.05) is 41.5 Å². The Bertz CT molecular complexity index is 861. The molecule has 1 atom stereocenters. The number of amides is 1. The van der Waals surface area contributed by atoms with Gasteiger partial charge in [0.25, 0.3) is 5.91 Å². The lowest BCUT2D eigenvalue weighted by atomic mass is 10.1. The molecule has 2 aromatic heterocycles. The highest BCUT2D eigenvalue weighted by Gasteiger charge is 2.25. The number of thioether (sulfide) groups is 1. The number of nitrogens with one attached hydrogen (secondary N) is 1. The molecule has 140 valence electrons. The van der Waals surface area contributed by atoms with E-state index in [1.165, 1.54) is 11.3 Å². The highest BCUT2D eigenvalue weighted by Crippen LogP contribution is 2.24. The van der Waals surface area contributed by atoms with E-state index in [1.807, 2.05) is 59.6 Å². The molecule has 3 heterocycles. The number of carbonyl (C=O) groups excluding carboxylic acids is 1. The second-order valence-electron chi connectivity index (χ2n) is 6.22. The minimum Gasteiger partial charge on any atom is -0.406 e. The molecule has 4 rings (SSSR count). The van der Waals surface area contributed by atoms with Gasteiger partial charge in [-0.3, -0.25) is 4.79 Å². The van der Waals surface area contributed by atoms with Crippen LogP contribution in [0.3, 0.4) is 0 Å². The molecule has 1 amide bonds. The molecule has 6 nitrogen and oxygen atoms in total. The number of hydrogen-bond donors (Lipinski definition) is 1. The van der Waals surface area contributed by atoms with Gasteiger partial charge in [0.05, 0.1) is 4.88 Å². The van der Waals surface area contributed by atoms with Gasteiger partial charge < -0.3 is 14.6 Å². The van der Waals surface area contributed by atoms with Crippen molar-refractivity contribution in [3.8, 4) is 0 Å².